The molecule has 1 rings (SSSR count). The Morgan fingerprint density at radius 1 is 1.00 bits per heavy atom. The Balaban J connectivity index is 1.91. The lowest BCUT2D eigenvalue weighted by atomic mass is 10.2. The van der Waals surface area contributed by atoms with Crippen molar-refractivity contribution in [3.05, 3.63) is 30.3 Å². The van der Waals surface area contributed by atoms with Gasteiger partial charge in [0, 0.05) is 0 Å². The standard InChI is InChI=1S/C15H25NO/c1-3-16(2)13-9-4-5-10-14-17-15-11-7-6-8-12-15/h6-8,11-12H,3-5,9-10,13-14H2,1-2H3. The third-order valence-corrected chi connectivity index (χ3v) is 2.99. The second-order valence-electron chi connectivity index (χ2n) is 4.47. The van der Waals surface area contributed by atoms with E-state index in [1.54, 1.807) is 0 Å². The quantitative estimate of drug-likeness (QED) is 0.607. The van der Waals surface area contributed by atoms with Crippen molar-refractivity contribution in [2.45, 2.75) is 32.6 Å². The van der Waals surface area contributed by atoms with Crippen LogP contribution in [-0.4, -0.2) is 31.6 Å². The van der Waals surface area contributed by atoms with Crippen molar-refractivity contribution in [2.24, 2.45) is 0 Å². The molecule has 0 aliphatic rings. The van der Waals surface area contributed by atoms with Gasteiger partial charge in [0.15, 0.2) is 0 Å². The number of ether oxygens (including phenoxy) is 1. The first-order valence-corrected chi connectivity index (χ1v) is 6.69. The van der Waals surface area contributed by atoms with Gasteiger partial charge in [-0.15, -0.1) is 0 Å². The minimum atomic E-state index is 0.841. The van der Waals surface area contributed by atoms with Gasteiger partial charge in [-0.3, -0.25) is 0 Å². The van der Waals surface area contributed by atoms with E-state index < -0.39 is 0 Å². The number of para-hydroxylation sites is 1. The first-order valence-electron chi connectivity index (χ1n) is 6.69. The maximum atomic E-state index is 5.64. The molecule has 0 atom stereocenters. The molecular weight excluding hydrogens is 210 g/mol. The van der Waals surface area contributed by atoms with Gasteiger partial charge in [0.25, 0.3) is 0 Å². The van der Waals surface area contributed by atoms with Crippen molar-refractivity contribution in [3.8, 4) is 5.75 Å². The van der Waals surface area contributed by atoms with E-state index in [-0.39, 0.29) is 0 Å². The molecule has 17 heavy (non-hydrogen) atoms. The molecule has 0 unspecified atom stereocenters. The molecule has 0 aliphatic carbocycles. The van der Waals surface area contributed by atoms with E-state index in [1.165, 1.54) is 25.8 Å². The molecule has 0 N–H and O–H groups in total. The highest BCUT2D eigenvalue weighted by atomic mass is 16.5. The zero-order valence-electron chi connectivity index (χ0n) is 11.2. The molecule has 0 amide bonds. The summed E-state index contributed by atoms with van der Waals surface area (Å²) in [4.78, 5) is 2.36. The fourth-order valence-corrected chi connectivity index (χ4v) is 1.70. The van der Waals surface area contributed by atoms with Crippen LogP contribution < -0.4 is 4.74 Å². The van der Waals surface area contributed by atoms with Crippen molar-refractivity contribution in [1.29, 1.82) is 0 Å². The van der Waals surface area contributed by atoms with Gasteiger partial charge < -0.3 is 9.64 Å². The van der Waals surface area contributed by atoms with E-state index in [0.717, 1.165) is 25.3 Å². The maximum Gasteiger partial charge on any atom is 0.119 e. The normalized spacial score (nSPS) is 10.8. The summed E-state index contributed by atoms with van der Waals surface area (Å²) in [6.45, 7) is 5.41. The summed E-state index contributed by atoms with van der Waals surface area (Å²) < 4.78 is 5.64. The molecule has 96 valence electrons. The average Bonchev–Trinajstić information content (AvgIpc) is 2.38. The molecular formula is C15H25NO. The summed E-state index contributed by atoms with van der Waals surface area (Å²) in [5.41, 5.74) is 0. The molecule has 2 nitrogen and oxygen atoms in total. The zero-order chi connectivity index (χ0) is 12.3. The fraction of sp³-hybridized carbons (Fsp3) is 0.600. The van der Waals surface area contributed by atoms with Gasteiger partial charge in [0.05, 0.1) is 6.61 Å². The lowest BCUT2D eigenvalue weighted by Gasteiger charge is -2.13. The Kier molecular flexibility index (Phi) is 7.48. The monoisotopic (exact) mass is 235 g/mol. The summed E-state index contributed by atoms with van der Waals surface area (Å²) in [5, 5.41) is 0. The minimum absolute atomic E-state index is 0.841. The van der Waals surface area contributed by atoms with Crippen LogP contribution in [0.2, 0.25) is 0 Å². The van der Waals surface area contributed by atoms with Crippen LogP contribution in [0.4, 0.5) is 0 Å². The molecule has 0 saturated heterocycles. The molecule has 0 bridgehead atoms. The van der Waals surface area contributed by atoms with Gasteiger partial charge >= 0.3 is 0 Å². The molecule has 0 spiro atoms. The van der Waals surface area contributed by atoms with E-state index >= 15 is 0 Å². The zero-order valence-corrected chi connectivity index (χ0v) is 11.2. The molecule has 1 aromatic carbocycles. The predicted octanol–water partition coefficient (Wildman–Crippen LogP) is 3.58. The van der Waals surface area contributed by atoms with Gasteiger partial charge in [-0.1, -0.05) is 38.0 Å². The van der Waals surface area contributed by atoms with Crippen molar-refractivity contribution < 1.29 is 4.74 Å². The van der Waals surface area contributed by atoms with Gasteiger partial charge in [-0.25, -0.2) is 0 Å². The van der Waals surface area contributed by atoms with Crippen LogP contribution in [0.5, 0.6) is 5.75 Å². The van der Waals surface area contributed by atoms with Crippen LogP contribution in [0.1, 0.15) is 32.6 Å². The Morgan fingerprint density at radius 2 is 1.71 bits per heavy atom. The van der Waals surface area contributed by atoms with E-state index in [9.17, 15) is 0 Å². The van der Waals surface area contributed by atoms with Crippen molar-refractivity contribution >= 4 is 0 Å². The summed E-state index contributed by atoms with van der Waals surface area (Å²) in [5.74, 6) is 0.984. The predicted molar refractivity (Wildman–Crippen MR) is 73.6 cm³/mol. The van der Waals surface area contributed by atoms with Gasteiger partial charge in [-0.2, -0.15) is 0 Å². The fourth-order valence-electron chi connectivity index (χ4n) is 1.70. The molecule has 0 aliphatic heterocycles. The second kappa shape index (κ2) is 9.06. The Labute approximate surface area is 106 Å². The lowest BCUT2D eigenvalue weighted by Crippen LogP contribution is -2.18. The van der Waals surface area contributed by atoms with E-state index in [1.807, 2.05) is 30.3 Å². The molecule has 0 saturated carbocycles. The third kappa shape index (κ3) is 7.01. The van der Waals surface area contributed by atoms with E-state index in [4.69, 9.17) is 4.74 Å². The molecule has 1 aromatic rings. The van der Waals surface area contributed by atoms with Gasteiger partial charge in [-0.05, 0) is 45.1 Å². The first kappa shape index (κ1) is 14.0. The summed E-state index contributed by atoms with van der Waals surface area (Å²) in [6.07, 6.45) is 5.04. The van der Waals surface area contributed by atoms with E-state index in [2.05, 4.69) is 18.9 Å². The molecule has 0 heterocycles. The van der Waals surface area contributed by atoms with Crippen molar-refractivity contribution in [3.63, 3.8) is 0 Å². The van der Waals surface area contributed by atoms with Crippen LogP contribution in [0.15, 0.2) is 30.3 Å². The summed E-state index contributed by atoms with van der Waals surface area (Å²) in [6, 6.07) is 10.1. The van der Waals surface area contributed by atoms with Crippen molar-refractivity contribution in [2.75, 3.05) is 26.7 Å². The number of benzene rings is 1. The molecule has 0 aromatic heterocycles. The van der Waals surface area contributed by atoms with Crippen LogP contribution in [0, 0.1) is 0 Å². The number of hydrogen-bond donors (Lipinski definition) is 0. The van der Waals surface area contributed by atoms with Crippen LogP contribution in [0.25, 0.3) is 0 Å². The number of unbranched alkanes of at least 4 members (excludes halogenated alkanes) is 3. The largest absolute Gasteiger partial charge is 0.494 e. The highest BCUT2D eigenvalue weighted by Gasteiger charge is 1.95. The maximum absolute atomic E-state index is 5.64. The van der Waals surface area contributed by atoms with Crippen LogP contribution >= 0.6 is 0 Å². The molecule has 0 radical (unpaired) electrons. The smallest absolute Gasteiger partial charge is 0.119 e. The molecule has 0 fully saturated rings. The first-order chi connectivity index (χ1) is 8.33. The Hall–Kier alpha value is -1.02. The number of rotatable bonds is 9. The van der Waals surface area contributed by atoms with Gasteiger partial charge in [0.2, 0.25) is 0 Å². The number of hydrogen-bond acceptors (Lipinski definition) is 2. The van der Waals surface area contributed by atoms with E-state index in [0.29, 0.717) is 0 Å². The van der Waals surface area contributed by atoms with Gasteiger partial charge in [0.1, 0.15) is 5.75 Å². The topological polar surface area (TPSA) is 12.5 Å². The Morgan fingerprint density at radius 3 is 2.41 bits per heavy atom. The summed E-state index contributed by atoms with van der Waals surface area (Å²) in [7, 11) is 2.18. The third-order valence-electron chi connectivity index (χ3n) is 2.99. The minimum Gasteiger partial charge on any atom is -0.494 e. The highest BCUT2D eigenvalue weighted by Crippen LogP contribution is 2.09. The van der Waals surface area contributed by atoms with Crippen molar-refractivity contribution in [1.82, 2.24) is 4.90 Å². The average molecular weight is 235 g/mol. The summed E-state index contributed by atoms with van der Waals surface area (Å²) >= 11 is 0. The highest BCUT2D eigenvalue weighted by molar-refractivity contribution is 5.20. The SMILES string of the molecule is CCN(C)CCCCCCOc1ccccc1. The Bertz CT molecular complexity index is 274. The van der Waals surface area contributed by atoms with Crippen LogP contribution in [-0.2, 0) is 0 Å². The molecule has 2 heteroatoms. The lowest BCUT2D eigenvalue weighted by molar-refractivity contribution is 0.299. The number of nitrogens with zero attached hydrogens (tertiary/aromatic N) is 1. The second-order valence-corrected chi connectivity index (χ2v) is 4.47. The van der Waals surface area contributed by atoms with Crippen LogP contribution in [0.3, 0.4) is 0 Å².